The molecule has 18 heavy (non-hydrogen) atoms. The third-order valence-electron chi connectivity index (χ3n) is 2.72. The molecule has 0 aliphatic rings. The van der Waals surface area contributed by atoms with Crippen LogP contribution in [0, 0.1) is 6.92 Å². The Hall–Kier alpha value is -0.870. The van der Waals surface area contributed by atoms with Crippen LogP contribution in [0.15, 0.2) is 6.20 Å². The first-order valence-electron chi connectivity index (χ1n) is 6.36. The van der Waals surface area contributed by atoms with Crippen molar-refractivity contribution in [2.75, 3.05) is 38.6 Å². The van der Waals surface area contributed by atoms with Crippen LogP contribution in [0.25, 0.3) is 0 Å². The highest BCUT2D eigenvalue weighted by molar-refractivity contribution is 6.17. The molecule has 1 aromatic heterocycles. The summed E-state index contributed by atoms with van der Waals surface area (Å²) in [6.45, 7) is 7.05. The number of likely N-dealkylation sites (N-methyl/N-ethyl adjacent to an activating group) is 1. The predicted molar refractivity (Wildman–Crippen MR) is 77.4 cm³/mol. The van der Waals surface area contributed by atoms with Gasteiger partial charge in [-0.25, -0.2) is 9.97 Å². The van der Waals surface area contributed by atoms with E-state index >= 15 is 0 Å². The summed E-state index contributed by atoms with van der Waals surface area (Å²) in [5.74, 6) is 2.24. The Morgan fingerprint density at radius 2 is 1.94 bits per heavy atom. The molecule has 0 aliphatic carbocycles. The number of hydrogen-bond acceptors (Lipinski definition) is 4. The standard InChI is InChI=1S/C13H23ClN4/c1-5-6-18(8-7-17(3)4)13-12(9-14)10-15-11(2)16-13/h10H,5-9H2,1-4H3. The van der Waals surface area contributed by atoms with Gasteiger partial charge in [-0.1, -0.05) is 6.92 Å². The third kappa shape index (κ3) is 4.42. The van der Waals surface area contributed by atoms with Crippen LogP contribution in [0.1, 0.15) is 24.7 Å². The highest BCUT2D eigenvalue weighted by atomic mass is 35.5. The molecule has 1 rings (SSSR count). The molecule has 1 aromatic rings. The number of aryl methyl sites for hydroxylation is 1. The minimum atomic E-state index is 0.456. The average Bonchev–Trinajstić information content (AvgIpc) is 2.34. The van der Waals surface area contributed by atoms with Gasteiger partial charge in [0.15, 0.2) is 0 Å². The lowest BCUT2D eigenvalue weighted by Gasteiger charge is -2.26. The van der Waals surface area contributed by atoms with Crippen LogP contribution in [0.4, 0.5) is 5.82 Å². The average molecular weight is 271 g/mol. The Balaban J connectivity index is 2.92. The van der Waals surface area contributed by atoms with Crippen LogP contribution in [-0.2, 0) is 5.88 Å². The maximum Gasteiger partial charge on any atom is 0.136 e. The minimum Gasteiger partial charge on any atom is -0.355 e. The van der Waals surface area contributed by atoms with Crippen LogP contribution in [0.3, 0.4) is 0 Å². The van der Waals surface area contributed by atoms with Crippen molar-refractivity contribution in [3.8, 4) is 0 Å². The summed E-state index contributed by atoms with van der Waals surface area (Å²) in [7, 11) is 4.16. The highest BCUT2D eigenvalue weighted by Crippen LogP contribution is 2.19. The zero-order valence-electron chi connectivity index (χ0n) is 11.8. The lowest BCUT2D eigenvalue weighted by molar-refractivity contribution is 0.412. The van der Waals surface area contributed by atoms with Crippen molar-refractivity contribution >= 4 is 17.4 Å². The number of aromatic nitrogens is 2. The van der Waals surface area contributed by atoms with E-state index in [4.69, 9.17) is 11.6 Å². The molecule has 0 aliphatic heterocycles. The van der Waals surface area contributed by atoms with Gasteiger partial charge in [-0.2, -0.15) is 0 Å². The van der Waals surface area contributed by atoms with Gasteiger partial charge in [0.05, 0.1) is 5.88 Å². The van der Waals surface area contributed by atoms with Crippen molar-refractivity contribution in [3.05, 3.63) is 17.6 Å². The maximum absolute atomic E-state index is 5.97. The molecule has 102 valence electrons. The highest BCUT2D eigenvalue weighted by Gasteiger charge is 2.13. The van der Waals surface area contributed by atoms with E-state index in [0.29, 0.717) is 5.88 Å². The summed E-state index contributed by atoms with van der Waals surface area (Å²) < 4.78 is 0. The number of nitrogens with zero attached hydrogens (tertiary/aromatic N) is 4. The fraction of sp³-hybridized carbons (Fsp3) is 0.692. The molecule has 4 nitrogen and oxygen atoms in total. The van der Waals surface area contributed by atoms with Crippen molar-refractivity contribution in [2.45, 2.75) is 26.1 Å². The number of rotatable bonds is 7. The summed E-state index contributed by atoms with van der Waals surface area (Å²) in [5.41, 5.74) is 1.01. The first kappa shape index (κ1) is 15.2. The monoisotopic (exact) mass is 270 g/mol. The fourth-order valence-corrected chi connectivity index (χ4v) is 1.95. The summed E-state index contributed by atoms with van der Waals surface area (Å²) in [6, 6.07) is 0. The van der Waals surface area contributed by atoms with Crippen LogP contribution < -0.4 is 4.90 Å². The van der Waals surface area contributed by atoms with E-state index < -0.39 is 0 Å². The van der Waals surface area contributed by atoms with E-state index in [0.717, 1.165) is 43.3 Å². The first-order chi connectivity index (χ1) is 8.58. The molecule has 0 N–H and O–H groups in total. The summed E-state index contributed by atoms with van der Waals surface area (Å²) in [5, 5.41) is 0. The van der Waals surface area contributed by atoms with Gasteiger partial charge in [-0.15, -0.1) is 11.6 Å². The van der Waals surface area contributed by atoms with Gasteiger partial charge in [0.2, 0.25) is 0 Å². The van der Waals surface area contributed by atoms with Crippen molar-refractivity contribution in [3.63, 3.8) is 0 Å². The molecular formula is C13H23ClN4. The molecule has 0 saturated heterocycles. The quantitative estimate of drug-likeness (QED) is 0.712. The smallest absolute Gasteiger partial charge is 0.136 e. The Kier molecular flexibility index (Phi) is 6.36. The van der Waals surface area contributed by atoms with E-state index in [1.54, 1.807) is 0 Å². The van der Waals surface area contributed by atoms with Gasteiger partial charge in [0.1, 0.15) is 11.6 Å². The second kappa shape index (κ2) is 7.54. The molecule has 0 amide bonds. The van der Waals surface area contributed by atoms with Gasteiger partial charge in [-0.05, 0) is 27.4 Å². The van der Waals surface area contributed by atoms with Crippen molar-refractivity contribution in [1.29, 1.82) is 0 Å². The maximum atomic E-state index is 5.97. The van der Waals surface area contributed by atoms with Crippen LogP contribution in [0.2, 0.25) is 0 Å². The Morgan fingerprint density at radius 1 is 1.22 bits per heavy atom. The summed E-state index contributed by atoms with van der Waals surface area (Å²) in [6.07, 6.45) is 2.93. The molecule has 0 atom stereocenters. The molecule has 0 saturated carbocycles. The number of halogens is 1. The molecular weight excluding hydrogens is 248 g/mol. The molecule has 0 radical (unpaired) electrons. The number of anilines is 1. The zero-order valence-corrected chi connectivity index (χ0v) is 12.5. The largest absolute Gasteiger partial charge is 0.355 e. The van der Waals surface area contributed by atoms with E-state index in [1.165, 1.54) is 0 Å². The summed E-state index contributed by atoms with van der Waals surface area (Å²) in [4.78, 5) is 13.2. The SMILES string of the molecule is CCCN(CCN(C)C)c1nc(C)ncc1CCl. The second-order valence-corrected chi connectivity index (χ2v) is 4.96. The normalized spacial score (nSPS) is 11.0. The fourth-order valence-electron chi connectivity index (χ4n) is 1.77. The number of hydrogen-bond donors (Lipinski definition) is 0. The van der Waals surface area contributed by atoms with Gasteiger partial charge in [0, 0.05) is 31.4 Å². The molecule has 0 spiro atoms. The zero-order chi connectivity index (χ0) is 13.5. The lowest BCUT2D eigenvalue weighted by atomic mass is 10.3. The Morgan fingerprint density at radius 3 is 2.50 bits per heavy atom. The van der Waals surface area contributed by atoms with Gasteiger partial charge in [0.25, 0.3) is 0 Å². The lowest BCUT2D eigenvalue weighted by Crippen LogP contribution is -2.33. The van der Waals surface area contributed by atoms with Gasteiger partial charge < -0.3 is 9.80 Å². The molecule has 0 aromatic carbocycles. The first-order valence-corrected chi connectivity index (χ1v) is 6.90. The third-order valence-corrected chi connectivity index (χ3v) is 3.00. The van der Waals surface area contributed by atoms with Gasteiger partial charge >= 0.3 is 0 Å². The second-order valence-electron chi connectivity index (χ2n) is 4.69. The minimum absolute atomic E-state index is 0.456. The van der Waals surface area contributed by atoms with E-state index in [-0.39, 0.29) is 0 Å². The van der Waals surface area contributed by atoms with E-state index in [1.807, 2.05) is 13.1 Å². The van der Waals surface area contributed by atoms with Crippen molar-refractivity contribution in [2.24, 2.45) is 0 Å². The summed E-state index contributed by atoms with van der Waals surface area (Å²) >= 11 is 5.97. The molecule has 5 heteroatoms. The van der Waals surface area contributed by atoms with Gasteiger partial charge in [-0.3, -0.25) is 0 Å². The van der Waals surface area contributed by atoms with E-state index in [9.17, 15) is 0 Å². The topological polar surface area (TPSA) is 32.3 Å². The van der Waals surface area contributed by atoms with E-state index in [2.05, 4.69) is 40.8 Å². The Bertz CT molecular complexity index is 368. The van der Waals surface area contributed by atoms with Crippen LogP contribution in [-0.4, -0.2) is 48.6 Å². The Labute approximate surface area is 115 Å². The molecule has 0 bridgehead atoms. The van der Waals surface area contributed by atoms with Crippen LogP contribution >= 0.6 is 11.6 Å². The van der Waals surface area contributed by atoms with Crippen LogP contribution in [0.5, 0.6) is 0 Å². The van der Waals surface area contributed by atoms with Crippen molar-refractivity contribution < 1.29 is 0 Å². The molecule has 0 unspecified atom stereocenters. The molecule has 1 heterocycles. The number of alkyl halides is 1. The van der Waals surface area contributed by atoms with Crippen molar-refractivity contribution in [1.82, 2.24) is 14.9 Å². The predicted octanol–water partition coefficient (Wildman–Crippen LogP) is 2.30. The molecule has 0 fully saturated rings.